The molecule has 2 atom stereocenters. The van der Waals surface area contributed by atoms with Crippen LogP contribution in [0, 0.1) is 0 Å². The monoisotopic (exact) mass is 456 g/mol. The molecule has 6 heteroatoms. The molecular formula is C23H25BrN2O3. The SMILES string of the molecule is COc1ccccc1C1=NN2C(C1)c1cc(Br)ccc1OC21CCOC(C)(C)C1. The van der Waals surface area contributed by atoms with Gasteiger partial charge in [-0.05, 0) is 44.2 Å². The highest BCUT2D eigenvalue weighted by Crippen LogP contribution is 2.52. The van der Waals surface area contributed by atoms with E-state index in [1.807, 2.05) is 24.3 Å². The molecule has 0 bridgehead atoms. The molecule has 3 heterocycles. The Kier molecular flexibility index (Phi) is 4.40. The number of ether oxygens (including phenoxy) is 3. The zero-order chi connectivity index (χ0) is 20.2. The van der Waals surface area contributed by atoms with Gasteiger partial charge in [-0.15, -0.1) is 0 Å². The normalized spacial score (nSPS) is 27.1. The Labute approximate surface area is 179 Å². The van der Waals surface area contributed by atoms with Crippen LogP contribution in [0.1, 0.15) is 50.3 Å². The molecule has 0 saturated carbocycles. The highest BCUT2D eigenvalue weighted by molar-refractivity contribution is 9.10. The maximum Gasteiger partial charge on any atom is 0.203 e. The van der Waals surface area contributed by atoms with Gasteiger partial charge < -0.3 is 14.2 Å². The molecule has 0 aromatic heterocycles. The Bertz CT molecular complexity index is 990. The summed E-state index contributed by atoms with van der Waals surface area (Å²) in [5.41, 5.74) is 2.48. The van der Waals surface area contributed by atoms with Crippen molar-refractivity contribution in [1.82, 2.24) is 5.01 Å². The molecule has 3 aliphatic rings. The Hall–Kier alpha value is -2.05. The minimum atomic E-state index is -0.503. The number of fused-ring (bicyclic) bond motifs is 4. The summed E-state index contributed by atoms with van der Waals surface area (Å²) in [6.07, 6.45) is 2.36. The van der Waals surface area contributed by atoms with Gasteiger partial charge in [0.1, 0.15) is 11.5 Å². The number of nitrogens with zero attached hydrogens (tertiary/aromatic N) is 2. The summed E-state index contributed by atoms with van der Waals surface area (Å²) >= 11 is 3.62. The molecular weight excluding hydrogens is 432 g/mol. The summed E-state index contributed by atoms with van der Waals surface area (Å²) in [4.78, 5) is 0. The molecule has 1 saturated heterocycles. The van der Waals surface area contributed by atoms with Crippen LogP contribution in [0.4, 0.5) is 0 Å². The second-order valence-corrected chi connectivity index (χ2v) is 9.49. The zero-order valence-electron chi connectivity index (χ0n) is 16.9. The first-order valence-electron chi connectivity index (χ1n) is 10.0. The molecule has 5 rings (SSSR count). The average molecular weight is 457 g/mol. The first-order valence-corrected chi connectivity index (χ1v) is 10.8. The standard InChI is InChI=1S/C23H25BrN2O3/c1-22(2)14-23(10-11-28-22)26-19(17-12-15(24)8-9-21(17)29-23)13-18(25-26)16-6-4-5-7-20(16)27-3/h4-9,12,19H,10-11,13-14H2,1-3H3. The maximum absolute atomic E-state index is 6.69. The van der Waals surface area contributed by atoms with Crippen LogP contribution in [0.3, 0.4) is 0 Å². The van der Waals surface area contributed by atoms with Gasteiger partial charge in [-0.3, -0.25) is 0 Å². The average Bonchev–Trinajstić information content (AvgIpc) is 3.15. The lowest BCUT2D eigenvalue weighted by molar-refractivity contribution is -0.212. The smallest absolute Gasteiger partial charge is 0.203 e. The largest absolute Gasteiger partial charge is 0.496 e. The van der Waals surface area contributed by atoms with Crippen molar-refractivity contribution >= 4 is 21.6 Å². The molecule has 0 amide bonds. The van der Waals surface area contributed by atoms with Crippen molar-refractivity contribution in [3.63, 3.8) is 0 Å². The fraction of sp³-hybridized carbons (Fsp3) is 0.435. The third-order valence-electron chi connectivity index (χ3n) is 6.06. The maximum atomic E-state index is 6.69. The van der Waals surface area contributed by atoms with Crippen LogP contribution in [0.2, 0.25) is 0 Å². The number of hydrogen-bond acceptors (Lipinski definition) is 5. The lowest BCUT2D eigenvalue weighted by atomic mass is 9.86. The summed E-state index contributed by atoms with van der Waals surface area (Å²) in [7, 11) is 1.71. The van der Waals surface area contributed by atoms with Gasteiger partial charge in [0.25, 0.3) is 0 Å². The van der Waals surface area contributed by atoms with Gasteiger partial charge in [0.2, 0.25) is 5.72 Å². The Balaban J connectivity index is 1.63. The van der Waals surface area contributed by atoms with E-state index >= 15 is 0 Å². The van der Waals surface area contributed by atoms with Crippen LogP contribution in [0.15, 0.2) is 52.0 Å². The summed E-state index contributed by atoms with van der Waals surface area (Å²) in [6, 6.07) is 14.5. The molecule has 0 aliphatic carbocycles. The summed E-state index contributed by atoms with van der Waals surface area (Å²) in [5, 5.41) is 7.34. The molecule has 0 N–H and O–H groups in total. The number of benzene rings is 2. The third-order valence-corrected chi connectivity index (χ3v) is 6.56. The highest BCUT2D eigenvalue weighted by atomic mass is 79.9. The van der Waals surface area contributed by atoms with E-state index in [0.717, 1.165) is 46.5 Å². The van der Waals surface area contributed by atoms with Crippen LogP contribution >= 0.6 is 15.9 Å². The van der Waals surface area contributed by atoms with E-state index in [0.29, 0.717) is 6.61 Å². The molecule has 2 aromatic rings. The van der Waals surface area contributed by atoms with Crippen molar-refractivity contribution in [2.75, 3.05) is 13.7 Å². The fourth-order valence-electron chi connectivity index (χ4n) is 4.87. The van der Waals surface area contributed by atoms with Crippen molar-refractivity contribution in [3.05, 3.63) is 58.1 Å². The van der Waals surface area contributed by atoms with Crippen molar-refractivity contribution in [2.45, 2.75) is 50.5 Å². The number of rotatable bonds is 2. The van der Waals surface area contributed by atoms with Gasteiger partial charge >= 0.3 is 0 Å². The highest BCUT2D eigenvalue weighted by Gasteiger charge is 2.54. The summed E-state index contributed by atoms with van der Waals surface area (Å²) in [5.74, 6) is 1.80. The van der Waals surface area contributed by atoms with Crippen LogP contribution < -0.4 is 9.47 Å². The molecule has 2 aromatic carbocycles. The number of halogens is 1. The van der Waals surface area contributed by atoms with Gasteiger partial charge in [-0.25, -0.2) is 5.01 Å². The van der Waals surface area contributed by atoms with Crippen molar-refractivity contribution in [1.29, 1.82) is 0 Å². The number of para-hydroxylation sites is 1. The van der Waals surface area contributed by atoms with Gasteiger partial charge in [-0.2, -0.15) is 5.10 Å². The summed E-state index contributed by atoms with van der Waals surface area (Å²) in [6.45, 7) is 4.91. The van der Waals surface area contributed by atoms with E-state index in [9.17, 15) is 0 Å². The first-order chi connectivity index (χ1) is 13.9. The Morgan fingerprint density at radius 3 is 2.83 bits per heavy atom. The van der Waals surface area contributed by atoms with Gasteiger partial charge in [0, 0.05) is 34.9 Å². The van der Waals surface area contributed by atoms with E-state index < -0.39 is 5.72 Å². The molecule has 2 unspecified atom stereocenters. The molecule has 0 radical (unpaired) electrons. The molecule has 1 spiro atoms. The number of hydrogen-bond donors (Lipinski definition) is 0. The predicted molar refractivity (Wildman–Crippen MR) is 115 cm³/mol. The zero-order valence-corrected chi connectivity index (χ0v) is 18.5. The summed E-state index contributed by atoms with van der Waals surface area (Å²) < 4.78 is 19.4. The van der Waals surface area contributed by atoms with Gasteiger partial charge in [0.05, 0.1) is 31.1 Å². The number of methoxy groups -OCH3 is 1. The van der Waals surface area contributed by atoms with Crippen molar-refractivity contribution < 1.29 is 14.2 Å². The molecule has 29 heavy (non-hydrogen) atoms. The Morgan fingerprint density at radius 2 is 2.03 bits per heavy atom. The Morgan fingerprint density at radius 1 is 1.21 bits per heavy atom. The van der Waals surface area contributed by atoms with E-state index in [4.69, 9.17) is 19.3 Å². The molecule has 152 valence electrons. The molecule has 3 aliphatic heterocycles. The van der Waals surface area contributed by atoms with Crippen LogP contribution in [-0.2, 0) is 4.74 Å². The van der Waals surface area contributed by atoms with Crippen LogP contribution in [0.25, 0.3) is 0 Å². The molecule has 1 fully saturated rings. The van der Waals surface area contributed by atoms with E-state index in [2.05, 4.69) is 53.0 Å². The third kappa shape index (κ3) is 3.13. The van der Waals surface area contributed by atoms with Gasteiger partial charge in [0.15, 0.2) is 0 Å². The first kappa shape index (κ1) is 18.9. The lowest BCUT2D eigenvalue weighted by Crippen LogP contribution is -2.60. The van der Waals surface area contributed by atoms with E-state index in [-0.39, 0.29) is 11.6 Å². The minimum absolute atomic E-state index is 0.130. The van der Waals surface area contributed by atoms with Gasteiger partial charge in [-0.1, -0.05) is 28.1 Å². The van der Waals surface area contributed by atoms with Crippen molar-refractivity contribution in [3.8, 4) is 11.5 Å². The van der Waals surface area contributed by atoms with Crippen LogP contribution in [-0.4, -0.2) is 35.8 Å². The number of hydrazone groups is 1. The quantitative estimate of drug-likeness (QED) is 0.615. The molecule has 5 nitrogen and oxygen atoms in total. The van der Waals surface area contributed by atoms with Crippen LogP contribution in [0.5, 0.6) is 11.5 Å². The van der Waals surface area contributed by atoms with E-state index in [1.165, 1.54) is 5.56 Å². The fourth-order valence-corrected chi connectivity index (χ4v) is 5.25. The minimum Gasteiger partial charge on any atom is -0.496 e. The lowest BCUT2D eigenvalue weighted by Gasteiger charge is -2.52. The predicted octanol–water partition coefficient (Wildman–Crippen LogP) is 5.29. The second-order valence-electron chi connectivity index (χ2n) is 8.58. The van der Waals surface area contributed by atoms with Crippen molar-refractivity contribution in [2.24, 2.45) is 5.10 Å². The topological polar surface area (TPSA) is 43.3 Å². The van der Waals surface area contributed by atoms with E-state index in [1.54, 1.807) is 7.11 Å². The second kappa shape index (κ2) is 6.74.